The van der Waals surface area contributed by atoms with Crippen LogP contribution in [0.15, 0.2) is 12.3 Å². The number of amides is 1. The van der Waals surface area contributed by atoms with Gasteiger partial charge in [0, 0.05) is 28.6 Å². The maximum atomic E-state index is 11.8. The molecule has 0 unspecified atom stereocenters. The van der Waals surface area contributed by atoms with E-state index in [1.165, 1.54) is 6.08 Å². The normalized spacial score (nSPS) is 21.8. The molecule has 1 saturated heterocycles. The van der Waals surface area contributed by atoms with Crippen LogP contribution in [-0.4, -0.2) is 36.9 Å². The number of carbonyl (C=O) groups is 1. The van der Waals surface area contributed by atoms with Crippen LogP contribution in [0.25, 0.3) is 6.08 Å². The summed E-state index contributed by atoms with van der Waals surface area (Å²) < 4.78 is 22.6. The minimum atomic E-state index is -2.97. The molecule has 2 heterocycles. The monoisotopic (exact) mass is 328 g/mol. The van der Waals surface area contributed by atoms with Gasteiger partial charge in [0.25, 0.3) is 0 Å². The number of nitrogens with one attached hydrogen (secondary N) is 1. The van der Waals surface area contributed by atoms with E-state index in [0.717, 1.165) is 9.88 Å². The molecule has 5 nitrogen and oxygen atoms in total. The maximum absolute atomic E-state index is 11.8. The largest absolute Gasteiger partial charge is 0.349 e. The van der Waals surface area contributed by atoms with Crippen molar-refractivity contribution in [3.05, 3.63) is 22.2 Å². The highest BCUT2D eigenvalue weighted by Gasteiger charge is 2.28. The van der Waals surface area contributed by atoms with E-state index in [-0.39, 0.29) is 28.9 Å². The van der Waals surface area contributed by atoms with Gasteiger partial charge in [0.15, 0.2) is 9.84 Å². The van der Waals surface area contributed by atoms with E-state index >= 15 is 0 Å². The lowest BCUT2D eigenvalue weighted by Gasteiger charge is -2.13. The third-order valence-electron chi connectivity index (χ3n) is 3.14. The Hall–Kier alpha value is -1.21. The molecule has 1 aliphatic heterocycles. The lowest BCUT2D eigenvalue weighted by Crippen LogP contribution is -2.34. The average Bonchev–Trinajstić information content (AvgIpc) is 2.93. The van der Waals surface area contributed by atoms with Crippen molar-refractivity contribution in [1.29, 1.82) is 0 Å². The summed E-state index contributed by atoms with van der Waals surface area (Å²) >= 11 is 1.55. The number of aromatic nitrogens is 1. The lowest BCUT2D eigenvalue weighted by atomic mass is 9.98. The molecule has 1 aromatic heterocycles. The first kappa shape index (κ1) is 16.2. The molecule has 0 bridgehead atoms. The number of hydrogen-bond donors (Lipinski definition) is 1. The molecule has 1 aliphatic rings. The summed E-state index contributed by atoms with van der Waals surface area (Å²) in [4.78, 5) is 17.0. The molecule has 21 heavy (non-hydrogen) atoms. The Kier molecular flexibility index (Phi) is 4.53. The van der Waals surface area contributed by atoms with Crippen LogP contribution in [0, 0.1) is 0 Å². The molecule has 7 heteroatoms. The van der Waals surface area contributed by atoms with Crippen LogP contribution in [0.4, 0.5) is 0 Å². The zero-order valence-electron chi connectivity index (χ0n) is 12.4. The molecule has 2 rings (SSSR count). The molecule has 1 atom stereocenters. The van der Waals surface area contributed by atoms with Crippen molar-refractivity contribution in [3.63, 3.8) is 0 Å². The Labute approximate surface area is 129 Å². The summed E-state index contributed by atoms with van der Waals surface area (Å²) in [6.45, 7) is 6.27. The Bertz CT molecular complexity index is 654. The average molecular weight is 328 g/mol. The van der Waals surface area contributed by atoms with E-state index in [9.17, 15) is 13.2 Å². The SMILES string of the molecule is CC(C)(C)c1ncc(/C=C/C(=O)N[C@@H]2CCS(=O)(=O)C2)s1. The fourth-order valence-corrected chi connectivity index (χ4v) is 4.58. The molecule has 0 aromatic carbocycles. The number of nitrogens with zero attached hydrogens (tertiary/aromatic N) is 1. The predicted octanol–water partition coefficient (Wildman–Crippen LogP) is 1.76. The summed E-state index contributed by atoms with van der Waals surface area (Å²) in [6.07, 6.45) is 5.39. The van der Waals surface area contributed by atoms with Crippen LogP contribution in [0.5, 0.6) is 0 Å². The molecule has 0 radical (unpaired) electrons. The molecule has 1 amide bonds. The molecule has 0 spiro atoms. The van der Waals surface area contributed by atoms with Crippen molar-refractivity contribution in [2.45, 2.75) is 38.6 Å². The van der Waals surface area contributed by atoms with Gasteiger partial charge in [0.05, 0.1) is 16.5 Å². The summed E-state index contributed by atoms with van der Waals surface area (Å²) in [7, 11) is -2.97. The topological polar surface area (TPSA) is 76.1 Å². The zero-order chi connectivity index (χ0) is 15.7. The van der Waals surface area contributed by atoms with Crippen molar-refractivity contribution >= 4 is 33.2 Å². The number of carbonyl (C=O) groups excluding carboxylic acids is 1. The minimum Gasteiger partial charge on any atom is -0.349 e. The van der Waals surface area contributed by atoms with Crippen molar-refractivity contribution in [3.8, 4) is 0 Å². The van der Waals surface area contributed by atoms with Crippen molar-refractivity contribution in [2.75, 3.05) is 11.5 Å². The maximum Gasteiger partial charge on any atom is 0.244 e. The molecule has 116 valence electrons. The van der Waals surface area contributed by atoms with Crippen LogP contribution in [0.1, 0.15) is 37.1 Å². The number of thiazole rings is 1. The minimum absolute atomic E-state index is 0.00276. The molecule has 1 fully saturated rings. The van der Waals surface area contributed by atoms with E-state index in [4.69, 9.17) is 0 Å². The van der Waals surface area contributed by atoms with E-state index in [1.54, 1.807) is 23.6 Å². The van der Waals surface area contributed by atoms with Gasteiger partial charge in [0.2, 0.25) is 5.91 Å². The van der Waals surface area contributed by atoms with E-state index < -0.39 is 9.84 Å². The molecule has 0 saturated carbocycles. The van der Waals surface area contributed by atoms with Gasteiger partial charge in [0.1, 0.15) is 0 Å². The van der Waals surface area contributed by atoms with Gasteiger partial charge >= 0.3 is 0 Å². The van der Waals surface area contributed by atoms with Gasteiger partial charge in [-0.3, -0.25) is 4.79 Å². The summed E-state index contributed by atoms with van der Waals surface area (Å²) in [5.41, 5.74) is -0.00276. The Morgan fingerprint density at radius 1 is 1.48 bits per heavy atom. The van der Waals surface area contributed by atoms with Gasteiger partial charge in [-0.25, -0.2) is 13.4 Å². The summed E-state index contributed by atoms with van der Waals surface area (Å²) in [6, 6.07) is -0.265. The lowest BCUT2D eigenvalue weighted by molar-refractivity contribution is -0.116. The quantitative estimate of drug-likeness (QED) is 0.858. The molecule has 0 aliphatic carbocycles. The first-order chi connectivity index (χ1) is 9.66. The Morgan fingerprint density at radius 3 is 2.71 bits per heavy atom. The van der Waals surface area contributed by atoms with Crippen LogP contribution in [0.3, 0.4) is 0 Å². The molecule has 1 N–H and O–H groups in total. The van der Waals surface area contributed by atoms with Gasteiger partial charge in [-0.15, -0.1) is 11.3 Å². The first-order valence-corrected chi connectivity index (χ1v) is 9.45. The van der Waals surface area contributed by atoms with Gasteiger partial charge in [-0.2, -0.15) is 0 Å². The highest BCUT2D eigenvalue weighted by Crippen LogP contribution is 2.27. The van der Waals surface area contributed by atoms with Crippen LogP contribution in [-0.2, 0) is 20.0 Å². The number of sulfone groups is 1. The van der Waals surface area contributed by atoms with E-state index in [1.807, 2.05) is 0 Å². The fraction of sp³-hybridized carbons (Fsp3) is 0.571. The van der Waals surface area contributed by atoms with Crippen LogP contribution in [0.2, 0.25) is 0 Å². The fourth-order valence-electron chi connectivity index (χ4n) is 2.03. The standard InChI is InChI=1S/C14H20N2O3S2/c1-14(2,3)13-15-8-11(20-13)4-5-12(17)16-10-6-7-21(18,19)9-10/h4-5,8,10H,6-7,9H2,1-3H3,(H,16,17)/b5-4+/t10-/m1/s1. The second kappa shape index (κ2) is 5.88. The number of rotatable bonds is 3. The predicted molar refractivity (Wildman–Crippen MR) is 85.0 cm³/mol. The van der Waals surface area contributed by atoms with E-state index in [2.05, 4.69) is 31.1 Å². The second-order valence-corrected chi connectivity index (χ2v) is 9.55. The van der Waals surface area contributed by atoms with Gasteiger partial charge in [-0.05, 0) is 12.5 Å². The highest BCUT2D eigenvalue weighted by molar-refractivity contribution is 7.91. The van der Waals surface area contributed by atoms with E-state index in [0.29, 0.717) is 6.42 Å². The van der Waals surface area contributed by atoms with Gasteiger partial charge < -0.3 is 5.32 Å². The first-order valence-electron chi connectivity index (χ1n) is 6.81. The molecular formula is C14H20N2O3S2. The third kappa shape index (κ3) is 4.64. The van der Waals surface area contributed by atoms with Crippen molar-refractivity contribution in [1.82, 2.24) is 10.3 Å². The van der Waals surface area contributed by atoms with Crippen LogP contribution >= 0.6 is 11.3 Å². The van der Waals surface area contributed by atoms with Gasteiger partial charge in [-0.1, -0.05) is 20.8 Å². The van der Waals surface area contributed by atoms with Crippen LogP contribution < -0.4 is 5.32 Å². The zero-order valence-corrected chi connectivity index (χ0v) is 14.1. The summed E-state index contributed by atoms with van der Waals surface area (Å²) in [5.74, 6) is -0.0601. The van der Waals surface area contributed by atoms with Crippen molar-refractivity contribution < 1.29 is 13.2 Å². The Morgan fingerprint density at radius 2 is 2.19 bits per heavy atom. The molecule has 1 aromatic rings. The second-order valence-electron chi connectivity index (χ2n) is 6.26. The Balaban J connectivity index is 1.92. The molecular weight excluding hydrogens is 308 g/mol. The smallest absolute Gasteiger partial charge is 0.244 e. The number of hydrogen-bond acceptors (Lipinski definition) is 5. The van der Waals surface area contributed by atoms with Crippen molar-refractivity contribution in [2.24, 2.45) is 0 Å². The summed E-state index contributed by atoms with van der Waals surface area (Å²) in [5, 5.41) is 3.74. The highest BCUT2D eigenvalue weighted by atomic mass is 32.2. The third-order valence-corrected chi connectivity index (χ3v) is 6.30.